The molecular weight excluding hydrogens is 282 g/mol. The molecule has 5 nitrogen and oxygen atoms in total. The van der Waals surface area contributed by atoms with Crippen LogP contribution < -0.4 is 4.90 Å². The summed E-state index contributed by atoms with van der Waals surface area (Å²) >= 11 is 0. The molecule has 0 aromatic heterocycles. The van der Waals surface area contributed by atoms with E-state index in [1.807, 2.05) is 30.3 Å². The lowest BCUT2D eigenvalue weighted by molar-refractivity contribution is -0.924. The lowest BCUT2D eigenvalue weighted by Crippen LogP contribution is -3.16. The summed E-state index contributed by atoms with van der Waals surface area (Å²) in [5.41, 5.74) is 0.775. The Morgan fingerprint density at radius 1 is 1.32 bits per heavy atom. The topological polar surface area (TPSA) is 71.2 Å². The summed E-state index contributed by atoms with van der Waals surface area (Å²) in [6.45, 7) is -0.254. The van der Waals surface area contributed by atoms with Gasteiger partial charge in [0.2, 0.25) is 0 Å². The first-order valence-corrected chi connectivity index (χ1v) is 7.97. The normalized spacial score (nSPS) is 35.1. The Hall–Kier alpha value is -1.43. The Balaban J connectivity index is 1.65. The molecule has 2 unspecified atom stereocenters. The van der Waals surface area contributed by atoms with Gasteiger partial charge in [-0.3, -0.25) is 4.79 Å². The minimum Gasteiger partial charge on any atom is -0.461 e. The van der Waals surface area contributed by atoms with Gasteiger partial charge in [0.1, 0.15) is 24.2 Å². The zero-order valence-electron chi connectivity index (χ0n) is 12.8. The lowest BCUT2D eigenvalue weighted by atomic mass is 9.98. The molecule has 0 amide bonds. The number of aliphatic hydroxyl groups excluding tert-OH is 2. The van der Waals surface area contributed by atoms with Crippen molar-refractivity contribution in [3.05, 3.63) is 35.9 Å². The van der Waals surface area contributed by atoms with Crippen LogP contribution in [0.15, 0.2) is 30.3 Å². The average molecular weight is 306 g/mol. The third kappa shape index (κ3) is 2.89. The summed E-state index contributed by atoms with van der Waals surface area (Å²) in [6.07, 6.45) is 1.82. The van der Waals surface area contributed by atoms with Crippen molar-refractivity contribution < 1.29 is 24.6 Å². The van der Waals surface area contributed by atoms with Gasteiger partial charge in [-0.15, -0.1) is 0 Å². The molecule has 2 aliphatic heterocycles. The predicted octanol–water partition coefficient (Wildman–Crippen LogP) is -0.515. The average Bonchev–Trinajstić information content (AvgIpc) is 2.68. The van der Waals surface area contributed by atoms with E-state index in [0.29, 0.717) is 12.5 Å². The quantitative estimate of drug-likeness (QED) is 0.655. The summed E-state index contributed by atoms with van der Waals surface area (Å²) in [7, 11) is 2.10. The molecule has 2 bridgehead atoms. The second-order valence-corrected chi connectivity index (χ2v) is 6.53. The first kappa shape index (κ1) is 15.5. The number of hydrogen-bond donors (Lipinski definition) is 3. The molecule has 2 saturated heterocycles. The van der Waals surface area contributed by atoms with Crippen molar-refractivity contribution in [2.24, 2.45) is 0 Å². The van der Waals surface area contributed by atoms with E-state index < -0.39 is 5.92 Å². The second-order valence-electron chi connectivity index (χ2n) is 6.53. The van der Waals surface area contributed by atoms with Gasteiger partial charge in [-0.05, 0) is 5.56 Å². The number of aliphatic hydroxyl groups is 2. The Labute approximate surface area is 130 Å². The van der Waals surface area contributed by atoms with Crippen LogP contribution >= 0.6 is 0 Å². The van der Waals surface area contributed by atoms with Gasteiger partial charge in [0.15, 0.2) is 0 Å². The minimum absolute atomic E-state index is 0.152. The third-order valence-electron chi connectivity index (χ3n) is 5.24. The molecule has 5 heteroatoms. The van der Waals surface area contributed by atoms with Gasteiger partial charge in [0.05, 0.1) is 19.7 Å². The van der Waals surface area contributed by atoms with E-state index in [0.717, 1.165) is 18.4 Å². The fourth-order valence-corrected chi connectivity index (χ4v) is 3.91. The van der Waals surface area contributed by atoms with E-state index in [1.165, 1.54) is 4.90 Å². The minimum atomic E-state index is -0.629. The first-order valence-electron chi connectivity index (χ1n) is 7.97. The molecule has 22 heavy (non-hydrogen) atoms. The highest BCUT2D eigenvalue weighted by atomic mass is 16.5. The summed E-state index contributed by atoms with van der Waals surface area (Å²) in [5.74, 6) is -0.997. The number of hydrogen-bond acceptors (Lipinski definition) is 4. The van der Waals surface area contributed by atoms with E-state index in [1.54, 1.807) is 0 Å². The smallest absolute Gasteiger partial charge is 0.316 e. The Morgan fingerprint density at radius 2 is 2.05 bits per heavy atom. The standard InChI is InChI=1S/C17H23NO4/c1-18-12-7-13(9-15(18)16(20)8-12)22-17(21)14(10-19)11-5-3-2-4-6-11/h2-6,12-16,19-20H,7-10H2,1H3/p+1/t12-,13-,14?,15+,16-/m0/s1. The van der Waals surface area contributed by atoms with E-state index in [-0.39, 0.29) is 30.8 Å². The zero-order valence-corrected chi connectivity index (χ0v) is 12.8. The molecular formula is C17H24NO4+. The Bertz CT molecular complexity index is 521. The molecule has 3 N–H and O–H groups in total. The number of carbonyl (C=O) groups excluding carboxylic acids is 1. The van der Waals surface area contributed by atoms with Crippen LogP contribution in [0.4, 0.5) is 0 Å². The number of carbonyl (C=O) groups is 1. The van der Waals surface area contributed by atoms with E-state index in [4.69, 9.17) is 4.74 Å². The molecule has 2 aliphatic rings. The molecule has 0 aliphatic carbocycles. The van der Waals surface area contributed by atoms with Crippen molar-refractivity contribution in [2.75, 3.05) is 13.7 Å². The molecule has 2 heterocycles. The first-order chi connectivity index (χ1) is 10.6. The molecule has 6 atom stereocenters. The van der Waals surface area contributed by atoms with Crippen molar-refractivity contribution in [1.82, 2.24) is 0 Å². The number of esters is 1. The lowest BCUT2D eigenvalue weighted by Gasteiger charge is -2.33. The van der Waals surface area contributed by atoms with Crippen molar-refractivity contribution in [2.45, 2.75) is 49.5 Å². The maximum Gasteiger partial charge on any atom is 0.316 e. The Kier molecular flexibility index (Phi) is 4.47. The van der Waals surface area contributed by atoms with Crippen LogP contribution in [-0.2, 0) is 9.53 Å². The van der Waals surface area contributed by atoms with Crippen LogP contribution in [0.2, 0.25) is 0 Å². The number of fused-ring (bicyclic) bond motifs is 2. The third-order valence-corrected chi connectivity index (χ3v) is 5.24. The zero-order chi connectivity index (χ0) is 15.7. The molecule has 120 valence electrons. The van der Waals surface area contributed by atoms with E-state index in [2.05, 4.69) is 7.05 Å². The van der Waals surface area contributed by atoms with Crippen LogP contribution in [0, 0.1) is 0 Å². The van der Waals surface area contributed by atoms with Gasteiger partial charge >= 0.3 is 5.97 Å². The molecule has 0 spiro atoms. The highest BCUT2D eigenvalue weighted by molar-refractivity contribution is 5.78. The van der Waals surface area contributed by atoms with Gasteiger partial charge in [-0.2, -0.15) is 0 Å². The van der Waals surface area contributed by atoms with Gasteiger partial charge in [0.25, 0.3) is 0 Å². The van der Waals surface area contributed by atoms with Gasteiger partial charge in [-0.1, -0.05) is 30.3 Å². The molecule has 2 fully saturated rings. The van der Waals surface area contributed by atoms with Crippen molar-refractivity contribution in [3.8, 4) is 0 Å². The SMILES string of the molecule is C[NH+]1[C@H]2C[C@H](OC(=O)C(CO)c3ccccc3)C[C@@H]1[C@@H](O)C2. The number of nitrogens with one attached hydrogen (secondary N) is 1. The van der Waals surface area contributed by atoms with Crippen molar-refractivity contribution in [3.63, 3.8) is 0 Å². The fraction of sp³-hybridized carbons (Fsp3) is 0.588. The second kappa shape index (κ2) is 6.36. The number of quaternary nitrogens is 1. The number of benzene rings is 1. The highest BCUT2D eigenvalue weighted by Gasteiger charge is 2.49. The number of ether oxygens (including phenoxy) is 1. The van der Waals surface area contributed by atoms with Gasteiger partial charge < -0.3 is 19.8 Å². The predicted molar refractivity (Wildman–Crippen MR) is 80.5 cm³/mol. The monoisotopic (exact) mass is 306 g/mol. The van der Waals surface area contributed by atoms with Crippen LogP contribution in [0.5, 0.6) is 0 Å². The van der Waals surface area contributed by atoms with Crippen molar-refractivity contribution in [1.29, 1.82) is 0 Å². The van der Waals surface area contributed by atoms with Crippen LogP contribution in [0.25, 0.3) is 0 Å². The summed E-state index contributed by atoms with van der Waals surface area (Å²) < 4.78 is 5.65. The maximum atomic E-state index is 12.4. The highest BCUT2D eigenvalue weighted by Crippen LogP contribution is 2.27. The largest absolute Gasteiger partial charge is 0.461 e. The number of likely N-dealkylation sites (N-methyl/N-ethyl adjacent to an activating group) is 1. The molecule has 0 saturated carbocycles. The van der Waals surface area contributed by atoms with E-state index >= 15 is 0 Å². The van der Waals surface area contributed by atoms with Gasteiger partial charge in [-0.25, -0.2) is 0 Å². The molecule has 1 aromatic carbocycles. The number of piperidine rings is 1. The maximum absolute atomic E-state index is 12.4. The van der Waals surface area contributed by atoms with Crippen LogP contribution in [0.1, 0.15) is 30.7 Å². The van der Waals surface area contributed by atoms with Gasteiger partial charge in [0, 0.05) is 19.3 Å². The summed E-state index contributed by atoms with van der Waals surface area (Å²) in [6, 6.07) is 9.74. The van der Waals surface area contributed by atoms with Crippen LogP contribution in [-0.4, -0.2) is 54.1 Å². The summed E-state index contributed by atoms with van der Waals surface area (Å²) in [4.78, 5) is 13.7. The van der Waals surface area contributed by atoms with Crippen molar-refractivity contribution >= 4 is 5.97 Å². The molecule has 3 rings (SSSR count). The Morgan fingerprint density at radius 3 is 2.68 bits per heavy atom. The van der Waals surface area contributed by atoms with Crippen LogP contribution in [0.3, 0.4) is 0 Å². The fourth-order valence-electron chi connectivity index (χ4n) is 3.91. The molecule has 1 aromatic rings. The number of rotatable bonds is 4. The summed E-state index contributed by atoms with van der Waals surface area (Å²) in [5, 5.41) is 19.6. The molecule has 0 radical (unpaired) electrons. The van der Waals surface area contributed by atoms with E-state index in [9.17, 15) is 15.0 Å².